The largest absolute Gasteiger partial charge is 0.544 e. The molecule has 2 unspecified atom stereocenters. The summed E-state index contributed by atoms with van der Waals surface area (Å²) in [5.41, 5.74) is 0. The van der Waals surface area contributed by atoms with E-state index in [0.29, 0.717) is 12.8 Å². The number of nitrogens with zero attached hydrogens (tertiary/aromatic N) is 1. The van der Waals surface area contributed by atoms with Crippen LogP contribution in [0.1, 0.15) is 104 Å². The molecule has 0 aromatic rings. The molecule has 0 radical (unpaired) electrons. The summed E-state index contributed by atoms with van der Waals surface area (Å²) < 4.78 is 17.0. The van der Waals surface area contributed by atoms with Crippen molar-refractivity contribution in [3.8, 4) is 0 Å². The topological polar surface area (TPSA) is 102 Å². The van der Waals surface area contributed by atoms with E-state index in [1.54, 1.807) is 21.1 Å². The van der Waals surface area contributed by atoms with Crippen LogP contribution in [-0.2, 0) is 28.6 Å². The summed E-state index contributed by atoms with van der Waals surface area (Å²) in [4.78, 5) is 36.7. The number of esters is 2. The molecule has 0 heterocycles. The number of ether oxygens (including phenoxy) is 3. The van der Waals surface area contributed by atoms with Crippen LogP contribution in [0.2, 0.25) is 0 Å². The van der Waals surface area contributed by atoms with Gasteiger partial charge < -0.3 is 28.6 Å². The van der Waals surface area contributed by atoms with E-state index in [2.05, 4.69) is 68.5 Å². The zero-order chi connectivity index (χ0) is 39.3. The highest BCUT2D eigenvalue weighted by molar-refractivity contribution is 5.70. The van der Waals surface area contributed by atoms with Crippen molar-refractivity contribution < 1.29 is 38.2 Å². The van der Waals surface area contributed by atoms with Crippen LogP contribution in [0, 0.1) is 0 Å². The maximum absolute atomic E-state index is 12.7. The molecule has 0 saturated carbocycles. The molecule has 0 saturated heterocycles. The van der Waals surface area contributed by atoms with E-state index < -0.39 is 18.1 Å². The molecule has 2 atom stereocenters. The molecule has 0 fully saturated rings. The Bertz CT molecular complexity index is 1230. The first-order valence-electron chi connectivity index (χ1n) is 19.5. The summed E-state index contributed by atoms with van der Waals surface area (Å²) in [5, 5.41) is 11.6. The Balaban J connectivity index is 4.62. The molecule has 0 aliphatic rings. The van der Waals surface area contributed by atoms with E-state index in [-0.39, 0.29) is 55.5 Å². The van der Waals surface area contributed by atoms with E-state index in [9.17, 15) is 19.5 Å². The molecule has 8 heteroatoms. The number of rotatable bonds is 32. The molecular formula is C45H69NO7. The average molecular weight is 736 g/mol. The smallest absolute Gasteiger partial charge is 0.306 e. The highest BCUT2D eigenvalue weighted by Crippen LogP contribution is 2.10. The Morgan fingerprint density at radius 1 is 0.585 bits per heavy atom. The fourth-order valence-electron chi connectivity index (χ4n) is 4.79. The Labute approximate surface area is 321 Å². The van der Waals surface area contributed by atoms with Crippen molar-refractivity contribution in [2.45, 2.75) is 116 Å². The zero-order valence-corrected chi connectivity index (χ0v) is 33.4. The molecule has 296 valence electrons. The van der Waals surface area contributed by atoms with E-state index >= 15 is 0 Å². The number of hydrogen-bond donors (Lipinski definition) is 0. The Kier molecular flexibility index (Phi) is 32.4. The van der Waals surface area contributed by atoms with Crippen molar-refractivity contribution in [2.24, 2.45) is 0 Å². The van der Waals surface area contributed by atoms with Crippen molar-refractivity contribution in [3.05, 3.63) is 109 Å². The fraction of sp³-hybridized carbons (Fsp3) is 0.533. The highest BCUT2D eigenvalue weighted by atomic mass is 16.6. The van der Waals surface area contributed by atoms with Crippen LogP contribution in [0.3, 0.4) is 0 Å². The van der Waals surface area contributed by atoms with Gasteiger partial charge in [0, 0.05) is 19.3 Å². The monoisotopic (exact) mass is 736 g/mol. The van der Waals surface area contributed by atoms with Gasteiger partial charge in [0.25, 0.3) is 0 Å². The predicted molar refractivity (Wildman–Crippen MR) is 217 cm³/mol. The van der Waals surface area contributed by atoms with Gasteiger partial charge in [0.15, 0.2) is 6.10 Å². The molecule has 0 aromatic carbocycles. The highest BCUT2D eigenvalue weighted by Gasteiger charge is 2.25. The number of carbonyl (C=O) groups is 3. The maximum Gasteiger partial charge on any atom is 0.306 e. The second-order valence-corrected chi connectivity index (χ2v) is 13.5. The van der Waals surface area contributed by atoms with Gasteiger partial charge >= 0.3 is 11.9 Å². The summed E-state index contributed by atoms with van der Waals surface area (Å²) in [6.07, 6.45) is 47.0. The second-order valence-electron chi connectivity index (χ2n) is 13.5. The lowest BCUT2D eigenvalue weighted by Crippen LogP contribution is -2.55. The van der Waals surface area contributed by atoms with Crippen LogP contribution in [0.5, 0.6) is 0 Å². The summed E-state index contributed by atoms with van der Waals surface area (Å²) in [7, 11) is 5.35. The minimum absolute atomic E-state index is 0.00346. The van der Waals surface area contributed by atoms with Gasteiger partial charge in [0.2, 0.25) is 0 Å². The third kappa shape index (κ3) is 33.6. The standard InChI is InChI=1S/C45H69NO7/c1-6-8-10-12-14-16-18-20-21-22-24-26-28-30-32-34-36-44(48)53-41(39-51-38-37-42(45(49)50)46(3,4)5)40-52-43(47)35-33-31-29-27-25-23-19-17-15-13-11-9-7-2/h8-11,13-17,19-21,23-27,29,41-42H,6-7,12,18,22,28,30-40H2,1-5H3/b10-8+,11-9+,15-13+,16-14+,19-17+,21-20+,25-23+,26-24+,29-27+. The summed E-state index contributed by atoms with van der Waals surface area (Å²) >= 11 is 0. The van der Waals surface area contributed by atoms with Gasteiger partial charge in [0.1, 0.15) is 12.6 Å². The predicted octanol–water partition coefficient (Wildman–Crippen LogP) is 8.79. The lowest BCUT2D eigenvalue weighted by Gasteiger charge is -2.34. The number of unbranched alkanes of at least 4 members (excludes halogenated alkanes) is 4. The lowest BCUT2D eigenvalue weighted by atomic mass is 10.1. The number of quaternary nitrogens is 1. The number of carbonyl (C=O) groups excluding carboxylic acids is 3. The lowest BCUT2D eigenvalue weighted by molar-refractivity contribution is -0.889. The number of carboxylic acid groups (broad SMARTS) is 1. The Hall–Kier alpha value is -4.01. The number of likely N-dealkylation sites (N-methyl/N-ethyl adjacent to an activating group) is 1. The van der Waals surface area contributed by atoms with E-state index in [0.717, 1.165) is 57.8 Å². The molecule has 8 nitrogen and oxygen atoms in total. The number of carboxylic acids is 1. The molecule has 0 aliphatic carbocycles. The van der Waals surface area contributed by atoms with Crippen LogP contribution in [-0.4, -0.2) is 75.5 Å². The van der Waals surface area contributed by atoms with Crippen LogP contribution in [0.25, 0.3) is 0 Å². The van der Waals surface area contributed by atoms with Gasteiger partial charge in [-0.2, -0.15) is 0 Å². The second kappa shape index (κ2) is 35.0. The van der Waals surface area contributed by atoms with E-state index in [4.69, 9.17) is 14.2 Å². The number of allylic oxidation sites excluding steroid dienone is 18. The molecule has 0 N–H and O–H groups in total. The average Bonchev–Trinajstić information content (AvgIpc) is 3.11. The fourth-order valence-corrected chi connectivity index (χ4v) is 4.79. The summed E-state index contributed by atoms with van der Waals surface area (Å²) in [5.74, 6) is -1.90. The SMILES string of the molecule is CC/C=C/C=C/C=C/C=C/C=C/CCCC(=O)OCC(COCCC(C(=O)[O-])[N+](C)(C)C)OC(=O)CCCCC/C=C/C/C=C/C/C=C/C/C=C/CC. The molecule has 0 aliphatic heterocycles. The van der Waals surface area contributed by atoms with Crippen molar-refractivity contribution >= 4 is 17.9 Å². The first kappa shape index (κ1) is 49.0. The molecule has 0 rings (SSSR count). The molecule has 0 amide bonds. The Morgan fingerprint density at radius 2 is 1.11 bits per heavy atom. The summed E-state index contributed by atoms with van der Waals surface area (Å²) in [6, 6.07) is -0.748. The molecule has 53 heavy (non-hydrogen) atoms. The van der Waals surface area contributed by atoms with Gasteiger partial charge in [-0.05, 0) is 64.2 Å². The van der Waals surface area contributed by atoms with Gasteiger partial charge in [-0.15, -0.1) is 0 Å². The van der Waals surface area contributed by atoms with Gasteiger partial charge in [-0.1, -0.05) is 130 Å². The van der Waals surface area contributed by atoms with Crippen molar-refractivity contribution in [1.82, 2.24) is 0 Å². The van der Waals surface area contributed by atoms with Crippen molar-refractivity contribution in [2.75, 3.05) is 41.0 Å². The normalized spacial score (nSPS) is 14.2. The first-order valence-corrected chi connectivity index (χ1v) is 19.5. The van der Waals surface area contributed by atoms with Gasteiger partial charge in [-0.3, -0.25) is 9.59 Å². The molecule has 0 spiro atoms. The maximum atomic E-state index is 12.7. The van der Waals surface area contributed by atoms with Crippen molar-refractivity contribution in [3.63, 3.8) is 0 Å². The first-order chi connectivity index (χ1) is 25.6. The van der Waals surface area contributed by atoms with E-state index in [1.807, 2.05) is 54.7 Å². The Morgan fingerprint density at radius 3 is 1.70 bits per heavy atom. The van der Waals surface area contributed by atoms with Crippen LogP contribution >= 0.6 is 0 Å². The van der Waals surface area contributed by atoms with Crippen LogP contribution in [0.15, 0.2) is 109 Å². The quantitative estimate of drug-likeness (QED) is 0.0224. The van der Waals surface area contributed by atoms with Crippen LogP contribution < -0.4 is 5.11 Å². The number of hydrogen-bond acceptors (Lipinski definition) is 7. The molecule has 0 bridgehead atoms. The van der Waals surface area contributed by atoms with Crippen molar-refractivity contribution in [1.29, 1.82) is 0 Å². The minimum Gasteiger partial charge on any atom is -0.544 e. The summed E-state index contributed by atoms with van der Waals surface area (Å²) in [6.45, 7) is 4.24. The minimum atomic E-state index is -1.15. The zero-order valence-electron chi connectivity index (χ0n) is 33.4. The number of aliphatic carboxylic acids is 1. The van der Waals surface area contributed by atoms with Gasteiger partial charge in [0.05, 0.1) is 40.3 Å². The molecular weight excluding hydrogens is 666 g/mol. The van der Waals surface area contributed by atoms with E-state index in [1.165, 1.54) is 0 Å². The van der Waals surface area contributed by atoms with Gasteiger partial charge in [-0.25, -0.2) is 0 Å². The third-order valence-corrected chi connectivity index (χ3v) is 7.78. The molecule has 0 aromatic heterocycles. The third-order valence-electron chi connectivity index (χ3n) is 7.78. The van der Waals surface area contributed by atoms with Crippen LogP contribution in [0.4, 0.5) is 0 Å².